The van der Waals surface area contributed by atoms with Crippen molar-refractivity contribution >= 4 is 5.91 Å². The number of ether oxygens (including phenoxy) is 1. The van der Waals surface area contributed by atoms with Gasteiger partial charge in [0.05, 0.1) is 12.5 Å². The fraction of sp³-hybridized carbons (Fsp3) is 0.600. The van der Waals surface area contributed by atoms with Gasteiger partial charge in [-0.3, -0.25) is 4.79 Å². The van der Waals surface area contributed by atoms with Gasteiger partial charge in [0.25, 0.3) is 12.3 Å². The first-order valence-corrected chi connectivity index (χ1v) is 5.37. The molecular formula is C10H13F2N3O2. The Labute approximate surface area is 96.6 Å². The summed E-state index contributed by atoms with van der Waals surface area (Å²) in [5, 5.41) is 2.46. The normalized spacial score (nSPS) is 16.9. The third kappa shape index (κ3) is 3.40. The van der Waals surface area contributed by atoms with E-state index in [0.717, 1.165) is 12.8 Å². The Bertz CT molecular complexity index is 366. The lowest BCUT2D eigenvalue weighted by Crippen LogP contribution is -2.43. The zero-order valence-electron chi connectivity index (χ0n) is 9.03. The van der Waals surface area contributed by atoms with Crippen LogP contribution in [0.25, 0.3) is 0 Å². The molecule has 1 fully saturated rings. The standard InChI is InChI=1S/C10H13F2N3O2/c11-9(12)8(17-7-4-13-5-15-7)10(16)14-3-6-1-2-6/h4-6,8-9H,1-3H2,(H,13,15)(H,14,16). The molecule has 1 amide bonds. The second-order valence-corrected chi connectivity index (χ2v) is 3.98. The summed E-state index contributed by atoms with van der Waals surface area (Å²) in [6, 6.07) is 0. The second-order valence-electron chi connectivity index (χ2n) is 3.98. The van der Waals surface area contributed by atoms with Gasteiger partial charge in [-0.1, -0.05) is 0 Å². The average molecular weight is 245 g/mol. The lowest BCUT2D eigenvalue weighted by atomic mass is 10.3. The quantitative estimate of drug-likeness (QED) is 0.784. The van der Waals surface area contributed by atoms with Gasteiger partial charge in [0.15, 0.2) is 0 Å². The fourth-order valence-corrected chi connectivity index (χ4v) is 1.33. The zero-order valence-corrected chi connectivity index (χ0v) is 9.03. The van der Waals surface area contributed by atoms with Gasteiger partial charge in [-0.05, 0) is 18.8 Å². The Kier molecular flexibility index (Phi) is 3.55. The molecule has 2 rings (SSSR count). The first-order chi connectivity index (χ1) is 8.16. The molecule has 94 valence electrons. The van der Waals surface area contributed by atoms with E-state index in [-0.39, 0.29) is 5.88 Å². The van der Waals surface area contributed by atoms with Gasteiger partial charge < -0.3 is 15.0 Å². The SMILES string of the molecule is O=C(NCC1CC1)C(Oc1cnc[nH]1)C(F)F. The molecule has 0 radical (unpaired) electrons. The van der Waals surface area contributed by atoms with Crippen LogP contribution in [0, 0.1) is 5.92 Å². The minimum Gasteiger partial charge on any atom is -0.458 e. The van der Waals surface area contributed by atoms with E-state index in [0.29, 0.717) is 12.5 Å². The van der Waals surface area contributed by atoms with E-state index in [2.05, 4.69) is 15.3 Å². The number of carbonyl (C=O) groups excluding carboxylic acids is 1. The Morgan fingerprint density at radius 1 is 1.65 bits per heavy atom. The highest BCUT2D eigenvalue weighted by Gasteiger charge is 2.32. The fourth-order valence-electron chi connectivity index (χ4n) is 1.33. The number of alkyl halides is 2. The van der Waals surface area contributed by atoms with Crippen LogP contribution in [-0.2, 0) is 4.79 Å². The summed E-state index contributed by atoms with van der Waals surface area (Å²) < 4.78 is 30.2. The van der Waals surface area contributed by atoms with Gasteiger partial charge in [0, 0.05) is 6.54 Å². The average Bonchev–Trinajstić information content (AvgIpc) is 2.98. The smallest absolute Gasteiger partial charge is 0.284 e. The van der Waals surface area contributed by atoms with Crippen molar-refractivity contribution in [2.75, 3.05) is 6.54 Å². The zero-order chi connectivity index (χ0) is 12.3. The number of hydrogen-bond donors (Lipinski definition) is 2. The number of rotatable bonds is 6. The molecule has 7 heteroatoms. The van der Waals surface area contributed by atoms with Crippen molar-refractivity contribution in [3.8, 4) is 5.88 Å². The van der Waals surface area contributed by atoms with Crippen molar-refractivity contribution < 1.29 is 18.3 Å². The second kappa shape index (κ2) is 5.11. The summed E-state index contributed by atoms with van der Waals surface area (Å²) in [4.78, 5) is 17.6. The number of carbonyl (C=O) groups is 1. The lowest BCUT2D eigenvalue weighted by molar-refractivity contribution is -0.135. The van der Waals surface area contributed by atoms with Crippen molar-refractivity contribution in [1.82, 2.24) is 15.3 Å². The van der Waals surface area contributed by atoms with Gasteiger partial charge in [-0.15, -0.1) is 0 Å². The Hall–Kier alpha value is -1.66. The van der Waals surface area contributed by atoms with Gasteiger partial charge in [-0.25, -0.2) is 13.8 Å². The van der Waals surface area contributed by atoms with Crippen LogP contribution >= 0.6 is 0 Å². The summed E-state index contributed by atoms with van der Waals surface area (Å²) in [6.07, 6.45) is -0.0577. The maximum absolute atomic E-state index is 12.7. The van der Waals surface area contributed by atoms with Gasteiger partial charge in [-0.2, -0.15) is 0 Å². The number of amides is 1. The van der Waals surface area contributed by atoms with Crippen LogP contribution < -0.4 is 10.1 Å². The van der Waals surface area contributed by atoms with Gasteiger partial charge in [0.1, 0.15) is 0 Å². The largest absolute Gasteiger partial charge is 0.458 e. The van der Waals surface area contributed by atoms with Crippen molar-refractivity contribution in [2.24, 2.45) is 5.92 Å². The first-order valence-electron chi connectivity index (χ1n) is 5.37. The van der Waals surface area contributed by atoms with Crippen molar-refractivity contribution in [2.45, 2.75) is 25.4 Å². The van der Waals surface area contributed by atoms with E-state index in [1.807, 2.05) is 0 Å². The molecule has 1 heterocycles. The van der Waals surface area contributed by atoms with E-state index in [1.165, 1.54) is 12.5 Å². The first kappa shape index (κ1) is 11.8. The molecular weight excluding hydrogens is 232 g/mol. The molecule has 1 atom stereocenters. The molecule has 1 aliphatic carbocycles. The molecule has 17 heavy (non-hydrogen) atoms. The Morgan fingerprint density at radius 3 is 2.94 bits per heavy atom. The third-order valence-corrected chi connectivity index (χ3v) is 2.48. The van der Waals surface area contributed by atoms with E-state index in [1.54, 1.807) is 0 Å². The summed E-state index contributed by atoms with van der Waals surface area (Å²) >= 11 is 0. The molecule has 5 nitrogen and oxygen atoms in total. The number of nitrogens with one attached hydrogen (secondary N) is 2. The molecule has 0 bridgehead atoms. The highest BCUT2D eigenvalue weighted by Crippen LogP contribution is 2.27. The van der Waals surface area contributed by atoms with Crippen LogP contribution in [0.3, 0.4) is 0 Å². The highest BCUT2D eigenvalue weighted by atomic mass is 19.3. The number of nitrogens with zero attached hydrogens (tertiary/aromatic N) is 1. The molecule has 1 aliphatic rings. The molecule has 0 saturated heterocycles. The number of aromatic amines is 1. The van der Waals surface area contributed by atoms with E-state index in [4.69, 9.17) is 4.74 Å². The summed E-state index contributed by atoms with van der Waals surface area (Å²) in [7, 11) is 0. The van der Waals surface area contributed by atoms with Crippen molar-refractivity contribution in [3.05, 3.63) is 12.5 Å². The molecule has 0 spiro atoms. The van der Waals surface area contributed by atoms with Gasteiger partial charge in [0.2, 0.25) is 12.0 Å². The predicted octanol–water partition coefficient (Wildman–Crippen LogP) is 0.948. The number of aromatic nitrogens is 2. The van der Waals surface area contributed by atoms with Crippen LogP contribution in [-0.4, -0.2) is 34.9 Å². The minimum atomic E-state index is -2.88. The van der Waals surface area contributed by atoms with Crippen molar-refractivity contribution in [3.63, 3.8) is 0 Å². The number of hydrogen-bond acceptors (Lipinski definition) is 3. The molecule has 0 aromatic carbocycles. The summed E-state index contributed by atoms with van der Waals surface area (Å²) in [6.45, 7) is 0.439. The van der Waals surface area contributed by atoms with Crippen LogP contribution in [0.2, 0.25) is 0 Å². The topological polar surface area (TPSA) is 67.0 Å². The minimum absolute atomic E-state index is 0.0527. The molecule has 0 aliphatic heterocycles. The van der Waals surface area contributed by atoms with Gasteiger partial charge >= 0.3 is 0 Å². The maximum atomic E-state index is 12.7. The summed E-state index contributed by atoms with van der Waals surface area (Å²) in [5.74, 6) is -0.303. The van der Waals surface area contributed by atoms with E-state index >= 15 is 0 Å². The third-order valence-electron chi connectivity index (χ3n) is 2.48. The Morgan fingerprint density at radius 2 is 2.41 bits per heavy atom. The highest BCUT2D eigenvalue weighted by molar-refractivity contribution is 5.81. The van der Waals surface area contributed by atoms with Crippen LogP contribution in [0.5, 0.6) is 5.88 Å². The van der Waals surface area contributed by atoms with E-state index in [9.17, 15) is 13.6 Å². The predicted molar refractivity (Wildman–Crippen MR) is 54.7 cm³/mol. The van der Waals surface area contributed by atoms with Crippen LogP contribution in [0.4, 0.5) is 8.78 Å². The monoisotopic (exact) mass is 245 g/mol. The molecule has 1 aromatic heterocycles. The Balaban J connectivity index is 1.88. The number of imidazole rings is 1. The van der Waals surface area contributed by atoms with Crippen molar-refractivity contribution in [1.29, 1.82) is 0 Å². The number of H-pyrrole nitrogens is 1. The van der Waals surface area contributed by atoms with Crippen LogP contribution in [0.15, 0.2) is 12.5 Å². The molecule has 2 N–H and O–H groups in total. The van der Waals surface area contributed by atoms with Crippen LogP contribution in [0.1, 0.15) is 12.8 Å². The molecule has 1 unspecified atom stereocenters. The lowest BCUT2D eigenvalue weighted by Gasteiger charge is -2.16. The molecule has 1 aromatic rings. The van der Waals surface area contributed by atoms with E-state index < -0.39 is 18.4 Å². The molecule has 1 saturated carbocycles. The summed E-state index contributed by atoms with van der Waals surface area (Å²) in [5.41, 5.74) is 0. The number of halogens is 2. The maximum Gasteiger partial charge on any atom is 0.284 e.